The van der Waals surface area contributed by atoms with Gasteiger partial charge in [0.1, 0.15) is 41.4 Å². The van der Waals surface area contributed by atoms with E-state index >= 15 is 0 Å². The van der Waals surface area contributed by atoms with E-state index in [2.05, 4.69) is 12.2 Å². The van der Waals surface area contributed by atoms with Crippen molar-refractivity contribution in [2.24, 2.45) is 5.92 Å². The molecule has 4 rings (SSSR count). The third-order valence-electron chi connectivity index (χ3n) is 5.80. The van der Waals surface area contributed by atoms with E-state index in [0.29, 0.717) is 31.7 Å². The summed E-state index contributed by atoms with van der Waals surface area (Å²) in [7, 11) is 0. The van der Waals surface area contributed by atoms with Crippen molar-refractivity contribution < 1.29 is 23.4 Å². The molecule has 0 spiro atoms. The zero-order chi connectivity index (χ0) is 20.4. The highest BCUT2D eigenvalue weighted by Crippen LogP contribution is 2.31. The first-order valence-corrected chi connectivity index (χ1v) is 10.2. The molecule has 0 amide bonds. The fraction of sp³-hybridized carbons (Fsp3) is 0.478. The first-order valence-electron chi connectivity index (χ1n) is 10.2. The smallest absolute Gasteiger partial charge is 0.126 e. The molecule has 2 heterocycles. The molecule has 2 aromatic rings. The fourth-order valence-electron chi connectivity index (χ4n) is 4.07. The van der Waals surface area contributed by atoms with Gasteiger partial charge in [-0.05, 0) is 73.2 Å². The number of aryl methyl sites for hydroxylation is 2. The lowest BCUT2D eigenvalue weighted by atomic mass is 9.94. The summed E-state index contributed by atoms with van der Waals surface area (Å²) in [6.07, 6.45) is 1.94. The van der Waals surface area contributed by atoms with Gasteiger partial charge in [0.15, 0.2) is 0 Å². The van der Waals surface area contributed by atoms with Crippen LogP contribution in [0.25, 0.3) is 0 Å². The molecule has 1 N–H and O–H groups in total. The molecule has 2 aliphatic heterocycles. The van der Waals surface area contributed by atoms with Crippen LogP contribution in [0.5, 0.6) is 11.5 Å². The molecule has 155 valence electrons. The molecule has 4 nitrogen and oxygen atoms in total. The first-order chi connectivity index (χ1) is 14.0. The Hall–Kier alpha value is -2.18. The molecule has 0 aromatic heterocycles. The van der Waals surface area contributed by atoms with Gasteiger partial charge < -0.3 is 14.6 Å². The van der Waals surface area contributed by atoms with E-state index in [-0.39, 0.29) is 29.8 Å². The third kappa shape index (κ3) is 4.70. The molecule has 2 aromatic carbocycles. The molecule has 4 atom stereocenters. The van der Waals surface area contributed by atoms with Crippen molar-refractivity contribution in [1.29, 1.82) is 0 Å². The Bertz CT molecular complexity index is 791. The quantitative estimate of drug-likeness (QED) is 0.803. The molecule has 0 saturated heterocycles. The van der Waals surface area contributed by atoms with Gasteiger partial charge in [-0.25, -0.2) is 14.1 Å². The van der Waals surface area contributed by atoms with E-state index in [0.717, 1.165) is 29.7 Å². The summed E-state index contributed by atoms with van der Waals surface area (Å²) in [6.45, 7) is 2.95. The number of ether oxygens (including phenoxy) is 2. The molecule has 1 radical (unpaired) electrons. The molecular weight excluding hydrogens is 376 g/mol. The van der Waals surface area contributed by atoms with Gasteiger partial charge in [-0.15, -0.1) is 0 Å². The van der Waals surface area contributed by atoms with Gasteiger partial charge in [0.2, 0.25) is 0 Å². The van der Waals surface area contributed by atoms with Crippen LogP contribution in [-0.4, -0.2) is 36.5 Å². The number of fused-ring (bicyclic) bond motifs is 2. The second kappa shape index (κ2) is 8.67. The maximum Gasteiger partial charge on any atom is 0.126 e. The fourth-order valence-corrected chi connectivity index (χ4v) is 4.07. The minimum Gasteiger partial charge on any atom is -0.490 e. The minimum absolute atomic E-state index is 0.0292. The summed E-state index contributed by atoms with van der Waals surface area (Å²) in [6, 6.07) is 9.12. The average molecular weight is 402 g/mol. The lowest BCUT2D eigenvalue weighted by molar-refractivity contribution is 0.0221. The summed E-state index contributed by atoms with van der Waals surface area (Å²) in [5.41, 5.74) is 1.75. The van der Waals surface area contributed by atoms with Crippen LogP contribution in [0.15, 0.2) is 36.4 Å². The molecule has 0 fully saturated rings. The van der Waals surface area contributed by atoms with E-state index in [9.17, 15) is 13.9 Å². The lowest BCUT2D eigenvalue weighted by Crippen LogP contribution is -2.41. The largest absolute Gasteiger partial charge is 0.490 e. The van der Waals surface area contributed by atoms with Crippen molar-refractivity contribution in [2.75, 3.05) is 13.1 Å². The van der Waals surface area contributed by atoms with Gasteiger partial charge in [-0.1, -0.05) is 6.92 Å². The Balaban J connectivity index is 1.24. The normalized spacial score (nSPS) is 22.6. The van der Waals surface area contributed by atoms with Crippen LogP contribution in [-0.2, 0) is 12.8 Å². The Morgan fingerprint density at radius 2 is 1.48 bits per heavy atom. The Kier molecular flexibility index (Phi) is 6.01. The van der Waals surface area contributed by atoms with Crippen LogP contribution in [0.2, 0.25) is 0 Å². The average Bonchev–Trinajstić information content (AvgIpc) is 2.72. The van der Waals surface area contributed by atoms with Crippen molar-refractivity contribution >= 4 is 0 Å². The second-order valence-electron chi connectivity index (χ2n) is 8.03. The van der Waals surface area contributed by atoms with Crippen LogP contribution >= 0.6 is 0 Å². The third-order valence-corrected chi connectivity index (χ3v) is 5.80. The zero-order valence-corrected chi connectivity index (χ0v) is 16.5. The van der Waals surface area contributed by atoms with Crippen molar-refractivity contribution in [3.63, 3.8) is 0 Å². The summed E-state index contributed by atoms with van der Waals surface area (Å²) in [5.74, 6) is 1.07. The van der Waals surface area contributed by atoms with Crippen LogP contribution < -0.4 is 14.8 Å². The number of aliphatic hydroxyl groups is 1. The predicted molar refractivity (Wildman–Crippen MR) is 105 cm³/mol. The maximum atomic E-state index is 13.3. The van der Waals surface area contributed by atoms with Crippen molar-refractivity contribution in [2.45, 2.75) is 50.9 Å². The summed E-state index contributed by atoms with van der Waals surface area (Å²) >= 11 is 0. The van der Waals surface area contributed by atoms with Gasteiger partial charge in [-0.2, -0.15) is 0 Å². The molecule has 0 saturated carbocycles. The Morgan fingerprint density at radius 3 is 2.10 bits per heavy atom. The molecular formula is C23H26F2NO3. The molecule has 0 aliphatic carbocycles. The number of nitrogens with zero attached hydrogens (tertiary/aromatic N) is 1. The summed E-state index contributed by atoms with van der Waals surface area (Å²) < 4.78 is 38.5. The monoisotopic (exact) mass is 402 g/mol. The topological polar surface area (TPSA) is 52.8 Å². The van der Waals surface area contributed by atoms with Crippen LogP contribution in [0.3, 0.4) is 0 Å². The molecule has 0 bridgehead atoms. The molecule has 6 heteroatoms. The van der Waals surface area contributed by atoms with Crippen molar-refractivity contribution in [3.8, 4) is 11.5 Å². The first kappa shape index (κ1) is 20.1. The summed E-state index contributed by atoms with van der Waals surface area (Å²) in [4.78, 5) is 0. The Morgan fingerprint density at radius 1 is 0.931 bits per heavy atom. The van der Waals surface area contributed by atoms with E-state index in [4.69, 9.17) is 9.47 Å². The van der Waals surface area contributed by atoms with Crippen LogP contribution in [0.4, 0.5) is 8.78 Å². The van der Waals surface area contributed by atoms with E-state index < -0.39 is 6.10 Å². The molecule has 2 aliphatic rings. The summed E-state index contributed by atoms with van der Waals surface area (Å²) in [5, 5.41) is 15.0. The SMILES string of the molecule is C[C@H](C[N]C[C@@H](O)C1CCc2cc(F)ccc2O1)[C@@H]1CCc2cc(F)ccc2O1. The van der Waals surface area contributed by atoms with Gasteiger partial charge in [0.25, 0.3) is 0 Å². The van der Waals surface area contributed by atoms with Crippen molar-refractivity contribution in [1.82, 2.24) is 5.32 Å². The van der Waals surface area contributed by atoms with Gasteiger partial charge >= 0.3 is 0 Å². The highest BCUT2D eigenvalue weighted by atomic mass is 19.1. The zero-order valence-electron chi connectivity index (χ0n) is 16.5. The highest BCUT2D eigenvalue weighted by Gasteiger charge is 2.28. The number of rotatable bonds is 6. The molecule has 29 heavy (non-hydrogen) atoms. The number of hydrogen-bond donors (Lipinski definition) is 1. The minimum atomic E-state index is -0.698. The predicted octanol–water partition coefficient (Wildman–Crippen LogP) is 3.65. The van der Waals surface area contributed by atoms with Gasteiger partial charge in [0.05, 0.1) is 0 Å². The number of halogens is 2. The number of aliphatic hydroxyl groups excluding tert-OH is 1. The van der Waals surface area contributed by atoms with Crippen molar-refractivity contribution in [3.05, 3.63) is 59.2 Å². The van der Waals surface area contributed by atoms with Crippen LogP contribution in [0.1, 0.15) is 30.9 Å². The van der Waals surface area contributed by atoms with E-state index in [1.165, 1.54) is 24.3 Å². The Labute approximate surface area is 169 Å². The number of hydrogen-bond acceptors (Lipinski definition) is 3. The van der Waals surface area contributed by atoms with Gasteiger partial charge in [0, 0.05) is 19.0 Å². The number of benzene rings is 2. The lowest BCUT2D eigenvalue weighted by Gasteiger charge is -2.31. The van der Waals surface area contributed by atoms with Crippen LogP contribution in [0, 0.1) is 17.6 Å². The van der Waals surface area contributed by atoms with Gasteiger partial charge in [-0.3, -0.25) is 0 Å². The maximum absolute atomic E-state index is 13.3. The highest BCUT2D eigenvalue weighted by molar-refractivity contribution is 5.36. The molecule has 1 unspecified atom stereocenters. The second-order valence-corrected chi connectivity index (χ2v) is 8.03. The standard InChI is InChI=1S/C23H26F2NO3/c1-14(20-6-2-15-10-17(24)4-8-21(15)28-20)12-26-13-19(27)23-7-3-16-11-18(25)5-9-22(16)29-23/h4-5,8-11,14,19-20,23,27H,2-3,6-7,12-13H2,1H3/t14-,19-,20+,23?/m1/s1. The van der Waals surface area contributed by atoms with E-state index in [1.54, 1.807) is 12.1 Å². The van der Waals surface area contributed by atoms with E-state index in [1.807, 2.05) is 0 Å².